The van der Waals surface area contributed by atoms with Gasteiger partial charge in [-0.3, -0.25) is 0 Å². The first kappa shape index (κ1) is 12.4. The number of rotatable bonds is 3. The minimum Gasteiger partial charge on any atom is -0.457 e. The Hall–Kier alpha value is -0.0600. The smallest absolute Gasteiger partial charge is 0.173 e. The summed E-state index contributed by atoms with van der Waals surface area (Å²) in [7, 11) is 0. The Balaban J connectivity index is 2.14. The predicted octanol–water partition coefficient (Wildman–Crippen LogP) is 5.48. The Bertz CT molecular complexity index is 479. The first-order valence-electron chi connectivity index (χ1n) is 4.78. The molecule has 0 saturated carbocycles. The van der Waals surface area contributed by atoms with Crippen molar-refractivity contribution in [2.24, 2.45) is 0 Å². The van der Waals surface area contributed by atoms with E-state index >= 15 is 0 Å². The van der Waals surface area contributed by atoms with E-state index in [2.05, 4.69) is 59.9 Å². The topological polar surface area (TPSA) is 13.1 Å². The molecule has 1 unspecified atom stereocenters. The van der Waals surface area contributed by atoms with E-state index in [0.717, 1.165) is 21.1 Å². The maximum absolute atomic E-state index is 5.22. The van der Waals surface area contributed by atoms with Crippen LogP contribution in [0, 0.1) is 0 Å². The van der Waals surface area contributed by atoms with Gasteiger partial charge in [0.15, 0.2) is 4.67 Å². The van der Waals surface area contributed by atoms with E-state index in [-0.39, 0.29) is 4.83 Å². The van der Waals surface area contributed by atoms with Crippen molar-refractivity contribution in [1.82, 2.24) is 0 Å². The fourth-order valence-electron chi connectivity index (χ4n) is 1.51. The molecule has 1 atom stereocenters. The zero-order chi connectivity index (χ0) is 11.5. The Morgan fingerprint density at radius 3 is 2.62 bits per heavy atom. The molecule has 1 aromatic heterocycles. The summed E-state index contributed by atoms with van der Waals surface area (Å²) in [5.41, 5.74) is 2.42. The Morgan fingerprint density at radius 1 is 1.19 bits per heavy atom. The molecule has 1 nitrogen and oxygen atoms in total. The van der Waals surface area contributed by atoms with Gasteiger partial charge in [-0.1, -0.05) is 44.0 Å². The molecule has 0 aliphatic heterocycles. The van der Waals surface area contributed by atoms with E-state index in [9.17, 15) is 0 Å². The molecular formula is C12H9Br3O. The molecule has 16 heavy (non-hydrogen) atoms. The van der Waals surface area contributed by atoms with Crippen LogP contribution in [0.25, 0.3) is 0 Å². The van der Waals surface area contributed by atoms with E-state index in [1.807, 2.05) is 18.2 Å². The molecule has 2 rings (SSSR count). The summed E-state index contributed by atoms with van der Waals surface area (Å²) < 4.78 is 7.13. The molecule has 0 spiro atoms. The molecule has 0 N–H and O–H groups in total. The zero-order valence-corrected chi connectivity index (χ0v) is 13.0. The van der Waals surface area contributed by atoms with Crippen LogP contribution in [0.15, 0.2) is 50.2 Å². The van der Waals surface area contributed by atoms with Crippen molar-refractivity contribution in [3.05, 3.63) is 56.9 Å². The maximum atomic E-state index is 5.22. The van der Waals surface area contributed by atoms with E-state index in [0.29, 0.717) is 0 Å². The second kappa shape index (κ2) is 5.52. The summed E-state index contributed by atoms with van der Waals surface area (Å²) in [4.78, 5) is 0.259. The third-order valence-electron chi connectivity index (χ3n) is 2.29. The van der Waals surface area contributed by atoms with Gasteiger partial charge < -0.3 is 4.42 Å². The highest BCUT2D eigenvalue weighted by Gasteiger charge is 2.14. The summed E-state index contributed by atoms with van der Waals surface area (Å²) in [6.45, 7) is 0. The number of benzene rings is 1. The lowest BCUT2D eigenvalue weighted by atomic mass is 10.1. The normalized spacial score (nSPS) is 12.7. The van der Waals surface area contributed by atoms with E-state index in [1.54, 1.807) is 6.26 Å². The van der Waals surface area contributed by atoms with Crippen molar-refractivity contribution in [3.8, 4) is 0 Å². The average Bonchev–Trinajstić information content (AvgIpc) is 2.64. The first-order chi connectivity index (χ1) is 7.66. The van der Waals surface area contributed by atoms with Gasteiger partial charge in [0.05, 0.1) is 6.26 Å². The van der Waals surface area contributed by atoms with Crippen LogP contribution in [0.3, 0.4) is 0 Å². The third-order valence-corrected chi connectivity index (χ3v) is 4.24. The highest BCUT2D eigenvalue weighted by molar-refractivity contribution is 9.11. The monoisotopic (exact) mass is 406 g/mol. The number of alkyl halides is 1. The Morgan fingerprint density at radius 2 is 2.00 bits per heavy atom. The highest BCUT2D eigenvalue weighted by Crippen LogP contribution is 2.33. The van der Waals surface area contributed by atoms with Crippen molar-refractivity contribution >= 4 is 47.8 Å². The van der Waals surface area contributed by atoms with Gasteiger partial charge in [-0.05, 0) is 46.1 Å². The molecule has 0 amide bonds. The molecule has 0 bridgehead atoms. The van der Waals surface area contributed by atoms with Crippen LogP contribution in [0.2, 0.25) is 0 Å². The van der Waals surface area contributed by atoms with Gasteiger partial charge in [0.2, 0.25) is 0 Å². The summed E-state index contributed by atoms with van der Waals surface area (Å²) in [5, 5.41) is 0. The minimum atomic E-state index is 0.259. The van der Waals surface area contributed by atoms with Crippen LogP contribution >= 0.6 is 47.8 Å². The first-order valence-corrected chi connectivity index (χ1v) is 7.28. The maximum Gasteiger partial charge on any atom is 0.173 e. The molecule has 0 aliphatic rings. The van der Waals surface area contributed by atoms with Gasteiger partial charge >= 0.3 is 0 Å². The molecule has 4 heteroatoms. The third kappa shape index (κ3) is 2.99. The largest absolute Gasteiger partial charge is 0.457 e. The van der Waals surface area contributed by atoms with Gasteiger partial charge in [0.25, 0.3) is 0 Å². The number of hydrogen-bond donors (Lipinski definition) is 0. The fraction of sp³-hybridized carbons (Fsp3) is 0.167. The summed E-state index contributed by atoms with van der Waals surface area (Å²) in [6.07, 6.45) is 2.62. The summed E-state index contributed by atoms with van der Waals surface area (Å²) in [6, 6.07) is 10.3. The van der Waals surface area contributed by atoms with Crippen LogP contribution in [-0.4, -0.2) is 0 Å². The second-order valence-electron chi connectivity index (χ2n) is 3.45. The van der Waals surface area contributed by atoms with Crippen LogP contribution in [0.1, 0.15) is 16.0 Å². The van der Waals surface area contributed by atoms with Crippen molar-refractivity contribution in [1.29, 1.82) is 0 Å². The summed E-state index contributed by atoms with van der Waals surface area (Å²) >= 11 is 10.5. The number of halogens is 3. The molecule has 84 valence electrons. The molecule has 1 aromatic carbocycles. The lowest BCUT2D eigenvalue weighted by Crippen LogP contribution is -1.94. The zero-order valence-electron chi connectivity index (χ0n) is 8.29. The standard InChI is InChI=1S/C12H9Br3O/c13-9-3-1-2-8(6-9)7-11(14)10-4-5-16-12(10)15/h1-6,11H,7H2. The van der Waals surface area contributed by atoms with Crippen molar-refractivity contribution in [2.75, 3.05) is 0 Å². The van der Waals surface area contributed by atoms with Crippen molar-refractivity contribution in [3.63, 3.8) is 0 Å². The molecule has 0 radical (unpaired) electrons. The van der Waals surface area contributed by atoms with Gasteiger partial charge in [-0.15, -0.1) is 0 Å². The average molecular weight is 409 g/mol. The molecule has 2 aromatic rings. The van der Waals surface area contributed by atoms with Crippen LogP contribution in [-0.2, 0) is 6.42 Å². The Labute approximate surface area is 120 Å². The van der Waals surface area contributed by atoms with Crippen LogP contribution < -0.4 is 0 Å². The quantitative estimate of drug-likeness (QED) is 0.612. The molecule has 0 fully saturated rings. The molecule has 0 saturated heterocycles. The van der Waals surface area contributed by atoms with E-state index < -0.39 is 0 Å². The SMILES string of the molecule is Brc1cccc(CC(Br)c2ccoc2Br)c1. The van der Waals surface area contributed by atoms with E-state index in [4.69, 9.17) is 4.42 Å². The second-order valence-corrected chi connectivity index (χ2v) is 6.19. The molecular weight excluding hydrogens is 400 g/mol. The summed E-state index contributed by atoms with van der Waals surface area (Å²) in [5.74, 6) is 0. The van der Waals surface area contributed by atoms with Crippen molar-refractivity contribution < 1.29 is 4.42 Å². The van der Waals surface area contributed by atoms with Crippen LogP contribution in [0.4, 0.5) is 0 Å². The predicted molar refractivity (Wildman–Crippen MR) is 75.9 cm³/mol. The van der Waals surface area contributed by atoms with Crippen molar-refractivity contribution in [2.45, 2.75) is 11.2 Å². The Kier molecular flexibility index (Phi) is 4.27. The lowest BCUT2D eigenvalue weighted by Gasteiger charge is -2.08. The van der Waals surface area contributed by atoms with Gasteiger partial charge in [-0.25, -0.2) is 0 Å². The number of hydrogen-bond acceptors (Lipinski definition) is 1. The number of furan rings is 1. The van der Waals surface area contributed by atoms with Gasteiger partial charge in [0, 0.05) is 14.9 Å². The fourth-order valence-corrected chi connectivity index (χ4v) is 3.51. The molecule has 0 aliphatic carbocycles. The van der Waals surface area contributed by atoms with Gasteiger partial charge in [0.1, 0.15) is 0 Å². The minimum absolute atomic E-state index is 0.259. The van der Waals surface area contributed by atoms with Gasteiger partial charge in [-0.2, -0.15) is 0 Å². The van der Waals surface area contributed by atoms with Crippen LogP contribution in [0.5, 0.6) is 0 Å². The lowest BCUT2D eigenvalue weighted by molar-refractivity contribution is 0.536. The van der Waals surface area contributed by atoms with E-state index in [1.165, 1.54) is 5.56 Å². The molecule has 1 heterocycles. The highest BCUT2D eigenvalue weighted by atomic mass is 79.9.